The maximum Gasteiger partial charge on any atom is 0.0550 e. The first kappa shape index (κ1) is 43.1. The minimum atomic E-state index is -0.0412. The zero-order chi connectivity index (χ0) is 43.3. The van der Waals surface area contributed by atoms with E-state index in [9.17, 15) is 0 Å². The van der Waals surface area contributed by atoms with Crippen LogP contribution in [0.3, 0.4) is 0 Å². The van der Waals surface area contributed by atoms with Crippen LogP contribution in [0.25, 0.3) is 33.4 Å². The Bertz CT molecular complexity index is 2320. The van der Waals surface area contributed by atoms with Crippen LogP contribution in [-0.4, -0.2) is 26.4 Å². The molecule has 0 aromatic heterocycles. The normalized spacial score (nSPS) is 19.0. The molecule has 0 bridgehead atoms. The Labute approximate surface area is 385 Å². The monoisotopic (exact) mass is 847 g/mol. The van der Waals surface area contributed by atoms with E-state index >= 15 is 0 Å². The lowest BCUT2D eigenvalue weighted by molar-refractivity contribution is -0.0174. The highest BCUT2D eigenvalue weighted by Gasteiger charge is 2.45. The molecule has 6 aliphatic carbocycles. The fraction of sp³-hybridized carbons (Fsp3) is 0.419. The van der Waals surface area contributed by atoms with Crippen molar-refractivity contribution in [1.82, 2.24) is 0 Å². The van der Waals surface area contributed by atoms with E-state index in [0.717, 1.165) is 71.4 Å². The van der Waals surface area contributed by atoms with Crippen molar-refractivity contribution in [1.29, 1.82) is 0 Å². The highest BCUT2D eigenvalue weighted by atomic mass is 16.5. The van der Waals surface area contributed by atoms with Crippen molar-refractivity contribution in [2.24, 2.45) is 5.41 Å². The van der Waals surface area contributed by atoms with Crippen molar-refractivity contribution < 1.29 is 9.47 Å². The molecule has 0 aliphatic heterocycles. The van der Waals surface area contributed by atoms with Gasteiger partial charge < -0.3 is 9.47 Å². The quantitative estimate of drug-likeness (QED) is 0.0825. The Balaban J connectivity index is 0.948. The van der Waals surface area contributed by atoms with E-state index in [1.807, 2.05) is 0 Å². The zero-order valence-electron chi connectivity index (χ0n) is 39.0. The van der Waals surface area contributed by atoms with Crippen molar-refractivity contribution in [3.63, 3.8) is 0 Å². The van der Waals surface area contributed by atoms with Gasteiger partial charge in [0, 0.05) is 18.6 Å². The van der Waals surface area contributed by atoms with E-state index in [0.29, 0.717) is 0 Å². The summed E-state index contributed by atoms with van der Waals surface area (Å²) in [5.41, 5.74) is 27.3. The third-order valence-electron chi connectivity index (χ3n) is 15.7. The molecule has 10 rings (SSSR count). The van der Waals surface area contributed by atoms with Gasteiger partial charge in [0.1, 0.15) is 0 Å². The Hall–Kier alpha value is -4.76. The van der Waals surface area contributed by atoms with Crippen LogP contribution in [0.4, 0.5) is 0 Å². The van der Waals surface area contributed by atoms with Gasteiger partial charge in [-0.2, -0.15) is 0 Å². The van der Waals surface area contributed by atoms with E-state index in [1.54, 1.807) is 55.7 Å². The Morgan fingerprint density at radius 3 is 0.984 bits per heavy atom. The molecule has 4 aromatic carbocycles. The third-order valence-corrected chi connectivity index (χ3v) is 15.7. The topological polar surface area (TPSA) is 18.5 Å². The van der Waals surface area contributed by atoms with E-state index in [2.05, 4.69) is 123 Å². The van der Waals surface area contributed by atoms with Crippen LogP contribution in [0, 0.1) is 5.41 Å². The van der Waals surface area contributed by atoms with Gasteiger partial charge in [-0.1, -0.05) is 162 Å². The van der Waals surface area contributed by atoms with Gasteiger partial charge in [0.25, 0.3) is 0 Å². The fourth-order valence-corrected chi connectivity index (χ4v) is 12.4. The first-order chi connectivity index (χ1) is 31.6. The Kier molecular flexibility index (Phi) is 13.3. The van der Waals surface area contributed by atoms with Crippen molar-refractivity contribution in [2.75, 3.05) is 26.4 Å². The lowest BCUT2D eigenvalue weighted by atomic mass is 9.84. The van der Waals surface area contributed by atoms with Crippen molar-refractivity contribution in [2.45, 2.75) is 136 Å². The predicted octanol–water partition coefficient (Wildman–Crippen LogP) is 16.9. The number of fused-ring (bicyclic) bond motifs is 3. The number of ether oxygens (including phenoxy) is 2. The van der Waals surface area contributed by atoms with E-state index in [4.69, 9.17) is 9.47 Å². The number of hydrogen-bond donors (Lipinski definition) is 0. The lowest BCUT2D eigenvalue weighted by Crippen LogP contribution is -2.30. The van der Waals surface area contributed by atoms with Crippen molar-refractivity contribution >= 4 is 33.4 Å². The summed E-state index contributed by atoms with van der Waals surface area (Å²) in [7, 11) is 0. The number of hydrogen-bond acceptors (Lipinski definition) is 2. The van der Waals surface area contributed by atoms with Gasteiger partial charge in [0.2, 0.25) is 0 Å². The second kappa shape index (κ2) is 19.8. The standard InChI is InChI=1S/C62H70O2/c1-3-5-7-15-35-63-42-62(43-64-36-16-8-6-4-2)40-60-58(48-31-27-46(28-32-48)56-37-54(44-19-11-9-12-20-44)50-23-17-25-52(50)56)39-59(61(60)41-62)49-33-29-47(30-34-49)57-38-55(45-21-13-10-14-22-45)51-24-18-26-53(51)57/h9-14,19-22,27-34H,3-8,15-18,23-26,35-43H2,1-2H3. The van der Waals surface area contributed by atoms with Gasteiger partial charge in [-0.15, -0.1) is 0 Å². The predicted molar refractivity (Wildman–Crippen MR) is 270 cm³/mol. The van der Waals surface area contributed by atoms with Crippen LogP contribution in [0.2, 0.25) is 0 Å². The number of rotatable bonds is 20. The molecule has 3 fully saturated rings. The van der Waals surface area contributed by atoms with Gasteiger partial charge in [-0.3, -0.25) is 0 Å². The fourth-order valence-electron chi connectivity index (χ4n) is 12.4. The van der Waals surface area contributed by atoms with Crippen LogP contribution in [0.5, 0.6) is 0 Å². The maximum atomic E-state index is 6.66. The summed E-state index contributed by atoms with van der Waals surface area (Å²) in [4.78, 5) is 0. The Morgan fingerprint density at radius 2 is 0.656 bits per heavy atom. The molecule has 0 spiro atoms. The summed E-state index contributed by atoms with van der Waals surface area (Å²) in [6, 6.07) is 41.9. The van der Waals surface area contributed by atoms with Crippen LogP contribution >= 0.6 is 0 Å². The van der Waals surface area contributed by atoms with Crippen LogP contribution in [0.1, 0.15) is 169 Å². The molecule has 0 atom stereocenters. The van der Waals surface area contributed by atoms with Gasteiger partial charge >= 0.3 is 0 Å². The van der Waals surface area contributed by atoms with E-state index in [1.165, 1.54) is 122 Å². The van der Waals surface area contributed by atoms with Gasteiger partial charge in [0.05, 0.1) is 13.2 Å². The first-order valence-corrected chi connectivity index (χ1v) is 25.4. The molecule has 6 aliphatic rings. The molecule has 0 N–H and O–H groups in total. The highest BCUT2D eigenvalue weighted by Crippen LogP contribution is 2.58. The average Bonchev–Trinajstić information content (AvgIpc) is 4.20. The molecule has 2 heteroatoms. The molecule has 0 saturated heterocycles. The lowest BCUT2D eigenvalue weighted by Gasteiger charge is -2.29. The minimum absolute atomic E-state index is 0.0412. The second-order valence-electron chi connectivity index (χ2n) is 19.9. The molecule has 2 nitrogen and oxygen atoms in total. The van der Waals surface area contributed by atoms with E-state index in [-0.39, 0.29) is 5.41 Å². The summed E-state index contributed by atoms with van der Waals surface area (Å²) in [6.07, 6.45) is 22.4. The number of allylic oxidation sites excluding steroid dienone is 12. The summed E-state index contributed by atoms with van der Waals surface area (Å²) in [6.45, 7) is 7.81. The third kappa shape index (κ3) is 8.82. The highest BCUT2D eigenvalue weighted by molar-refractivity contribution is 5.97. The summed E-state index contributed by atoms with van der Waals surface area (Å²) in [5.74, 6) is 0. The maximum absolute atomic E-state index is 6.66. The molecule has 64 heavy (non-hydrogen) atoms. The first-order valence-electron chi connectivity index (χ1n) is 25.4. The molecule has 0 amide bonds. The minimum Gasteiger partial charge on any atom is -0.381 e. The van der Waals surface area contributed by atoms with Crippen LogP contribution in [0.15, 0.2) is 143 Å². The molecule has 0 heterocycles. The smallest absolute Gasteiger partial charge is 0.0550 e. The molecule has 0 unspecified atom stereocenters. The molecular weight excluding hydrogens is 777 g/mol. The van der Waals surface area contributed by atoms with Crippen molar-refractivity contribution in [3.8, 4) is 0 Å². The molecule has 330 valence electrons. The summed E-state index contributed by atoms with van der Waals surface area (Å²) < 4.78 is 13.3. The van der Waals surface area contributed by atoms with Crippen molar-refractivity contribution in [3.05, 3.63) is 176 Å². The summed E-state index contributed by atoms with van der Waals surface area (Å²) >= 11 is 0. The molecule has 0 radical (unpaired) electrons. The van der Waals surface area contributed by atoms with Crippen LogP contribution in [-0.2, 0) is 9.47 Å². The van der Waals surface area contributed by atoms with Gasteiger partial charge in [0.15, 0.2) is 0 Å². The van der Waals surface area contributed by atoms with Gasteiger partial charge in [-0.25, -0.2) is 0 Å². The number of unbranched alkanes of at least 4 members (excludes halogenated alkanes) is 6. The largest absolute Gasteiger partial charge is 0.381 e. The zero-order valence-corrected chi connectivity index (χ0v) is 39.0. The van der Waals surface area contributed by atoms with E-state index < -0.39 is 0 Å². The second-order valence-corrected chi connectivity index (χ2v) is 19.9. The van der Waals surface area contributed by atoms with Crippen LogP contribution < -0.4 is 0 Å². The molecular formula is C62H70O2. The molecule has 3 saturated carbocycles. The Morgan fingerprint density at radius 1 is 0.344 bits per heavy atom. The SMILES string of the molecule is CCCCCCOCC1(COCCCCCC)CC2=C(c3ccc(C4=C5CCCC5=C(c5ccccc5)C4)cc3)CC(c3ccc(C4=C5CCCC5=C(c5ccccc5)C4)cc3)=C2C1. The average molecular weight is 847 g/mol. The van der Waals surface area contributed by atoms with Gasteiger partial charge in [-0.05, 0) is 184 Å². The molecule has 4 aromatic rings. The number of benzene rings is 4. The summed E-state index contributed by atoms with van der Waals surface area (Å²) in [5, 5.41) is 0.